The largest absolute Gasteiger partial charge is 0.507 e. The highest BCUT2D eigenvalue weighted by Gasteiger charge is 2.46. The van der Waals surface area contributed by atoms with Crippen LogP contribution in [0.5, 0.6) is 0 Å². The fourth-order valence-electron chi connectivity index (χ4n) is 3.97. The van der Waals surface area contributed by atoms with Crippen molar-refractivity contribution >= 4 is 29.1 Å². The third-order valence-corrected chi connectivity index (χ3v) is 5.80. The number of Topliss-reactive ketones (excluding diaryl/α,β-unsaturated/α-hetero) is 1. The first-order valence-corrected chi connectivity index (χ1v) is 10.1. The van der Waals surface area contributed by atoms with Crippen molar-refractivity contribution in [1.29, 1.82) is 0 Å². The number of aliphatic hydroxyl groups excluding tert-OH is 1. The molecule has 1 atom stereocenters. The minimum atomic E-state index is -0.767. The van der Waals surface area contributed by atoms with Crippen molar-refractivity contribution in [2.24, 2.45) is 7.05 Å². The number of nitrogens with zero attached hydrogens (tertiary/aromatic N) is 4. The van der Waals surface area contributed by atoms with E-state index >= 15 is 0 Å². The molecule has 3 aromatic rings. The number of hydrogen-bond donors (Lipinski definition) is 1. The van der Waals surface area contributed by atoms with Crippen LogP contribution in [0.25, 0.3) is 5.76 Å². The van der Waals surface area contributed by atoms with Gasteiger partial charge in [-0.15, -0.1) is 0 Å². The number of aromatic nitrogens is 3. The lowest BCUT2D eigenvalue weighted by Gasteiger charge is -2.25. The van der Waals surface area contributed by atoms with Crippen LogP contribution in [-0.2, 0) is 23.2 Å². The van der Waals surface area contributed by atoms with Crippen molar-refractivity contribution in [2.45, 2.75) is 26.4 Å². The van der Waals surface area contributed by atoms with E-state index in [1.807, 2.05) is 6.07 Å². The Balaban J connectivity index is 1.91. The van der Waals surface area contributed by atoms with Crippen LogP contribution >= 0.6 is 11.6 Å². The predicted molar refractivity (Wildman–Crippen MR) is 116 cm³/mol. The van der Waals surface area contributed by atoms with Crippen molar-refractivity contribution in [3.8, 4) is 0 Å². The molecule has 3 heterocycles. The molecule has 1 fully saturated rings. The highest BCUT2D eigenvalue weighted by molar-refractivity contribution is 6.46. The number of benzene rings is 1. The van der Waals surface area contributed by atoms with Crippen LogP contribution < -0.4 is 0 Å². The van der Waals surface area contributed by atoms with E-state index in [2.05, 4.69) is 10.1 Å². The molecule has 1 aromatic carbocycles. The molecular weight excluding hydrogens is 416 g/mol. The second kappa shape index (κ2) is 8.00. The second-order valence-corrected chi connectivity index (χ2v) is 7.95. The molecule has 8 heteroatoms. The zero-order valence-corrected chi connectivity index (χ0v) is 18.1. The molecule has 1 aliphatic rings. The van der Waals surface area contributed by atoms with Gasteiger partial charge in [0, 0.05) is 36.7 Å². The van der Waals surface area contributed by atoms with Crippen LogP contribution in [0.4, 0.5) is 0 Å². The summed E-state index contributed by atoms with van der Waals surface area (Å²) in [4.78, 5) is 31.7. The molecular formula is C23H21ClN4O3. The van der Waals surface area contributed by atoms with Gasteiger partial charge in [0.2, 0.25) is 0 Å². The summed E-state index contributed by atoms with van der Waals surface area (Å²) in [6, 6.07) is 9.74. The van der Waals surface area contributed by atoms with Gasteiger partial charge in [-0.1, -0.05) is 29.8 Å². The molecule has 7 nitrogen and oxygen atoms in total. The molecule has 1 aliphatic heterocycles. The minimum Gasteiger partial charge on any atom is -0.507 e. The smallest absolute Gasteiger partial charge is 0.295 e. The van der Waals surface area contributed by atoms with Crippen LogP contribution in [0.15, 0.2) is 54.4 Å². The summed E-state index contributed by atoms with van der Waals surface area (Å²) in [5, 5.41) is 16.1. The number of amides is 1. The summed E-state index contributed by atoms with van der Waals surface area (Å²) in [5.41, 5.74) is 3.22. The predicted octanol–water partition coefficient (Wildman–Crippen LogP) is 3.71. The molecule has 31 heavy (non-hydrogen) atoms. The number of carbonyl (C=O) groups is 2. The second-order valence-electron chi connectivity index (χ2n) is 7.51. The number of halogens is 1. The van der Waals surface area contributed by atoms with Crippen molar-refractivity contribution in [3.63, 3.8) is 0 Å². The lowest BCUT2D eigenvalue weighted by molar-refractivity contribution is -0.140. The molecule has 0 aliphatic carbocycles. The summed E-state index contributed by atoms with van der Waals surface area (Å²) >= 11 is 6.05. The summed E-state index contributed by atoms with van der Waals surface area (Å²) in [5.74, 6) is -1.64. The highest BCUT2D eigenvalue weighted by Crippen LogP contribution is 2.41. The van der Waals surface area contributed by atoms with Crippen LogP contribution in [0, 0.1) is 13.8 Å². The van der Waals surface area contributed by atoms with Crippen LogP contribution in [-0.4, -0.2) is 36.5 Å². The number of rotatable bonds is 4. The standard InChI is InChI=1S/C23H21ClN4O3/c1-13-18(14(2)27(3)26-13)21(29)19-20(16-6-8-17(24)9-7-16)28(23(31)22(19)30)12-15-5-4-10-25-11-15/h4-11,20,29H,12H2,1-3H3. The van der Waals surface area contributed by atoms with E-state index in [1.54, 1.807) is 68.3 Å². The van der Waals surface area contributed by atoms with Gasteiger partial charge in [-0.05, 0) is 43.2 Å². The Morgan fingerprint density at radius 1 is 1.16 bits per heavy atom. The van der Waals surface area contributed by atoms with Crippen molar-refractivity contribution in [1.82, 2.24) is 19.7 Å². The van der Waals surface area contributed by atoms with E-state index in [-0.39, 0.29) is 17.9 Å². The number of carbonyl (C=O) groups excluding carboxylic acids is 2. The molecule has 1 unspecified atom stereocenters. The van der Waals surface area contributed by atoms with Crippen LogP contribution in [0.2, 0.25) is 5.02 Å². The molecule has 0 bridgehead atoms. The number of aryl methyl sites for hydroxylation is 2. The van der Waals surface area contributed by atoms with Gasteiger partial charge in [0.1, 0.15) is 5.76 Å². The maximum Gasteiger partial charge on any atom is 0.295 e. The average molecular weight is 437 g/mol. The van der Waals surface area contributed by atoms with Crippen molar-refractivity contribution < 1.29 is 14.7 Å². The molecule has 2 aromatic heterocycles. The molecule has 0 radical (unpaired) electrons. The monoisotopic (exact) mass is 436 g/mol. The fraction of sp³-hybridized carbons (Fsp3) is 0.217. The molecule has 1 N–H and O–H groups in total. The molecule has 4 rings (SSSR count). The quantitative estimate of drug-likeness (QED) is 0.382. The Hall–Kier alpha value is -3.45. The van der Waals surface area contributed by atoms with Gasteiger partial charge in [0.15, 0.2) is 0 Å². The number of pyridine rings is 1. The lowest BCUT2D eigenvalue weighted by Crippen LogP contribution is -2.29. The Morgan fingerprint density at radius 3 is 2.45 bits per heavy atom. The number of likely N-dealkylation sites (tertiary alicyclic amines) is 1. The molecule has 158 valence electrons. The van der Waals surface area contributed by atoms with E-state index in [9.17, 15) is 14.7 Å². The normalized spacial score (nSPS) is 18.1. The topological polar surface area (TPSA) is 88.3 Å². The number of hydrogen-bond acceptors (Lipinski definition) is 5. The Labute approximate surface area is 184 Å². The molecule has 0 saturated carbocycles. The van der Waals surface area contributed by atoms with E-state index < -0.39 is 17.7 Å². The van der Waals surface area contributed by atoms with Gasteiger partial charge in [-0.2, -0.15) is 5.10 Å². The SMILES string of the molecule is Cc1nn(C)c(C)c1C(O)=C1C(=O)C(=O)N(Cc2cccnc2)C1c1ccc(Cl)cc1. The van der Waals surface area contributed by atoms with Crippen molar-refractivity contribution in [2.75, 3.05) is 0 Å². The first-order valence-electron chi connectivity index (χ1n) is 9.73. The van der Waals surface area contributed by atoms with E-state index in [4.69, 9.17) is 11.6 Å². The number of aliphatic hydroxyl groups is 1. The van der Waals surface area contributed by atoms with E-state index in [0.29, 0.717) is 27.5 Å². The van der Waals surface area contributed by atoms with Gasteiger partial charge in [0.05, 0.1) is 22.9 Å². The maximum absolute atomic E-state index is 13.1. The summed E-state index contributed by atoms with van der Waals surface area (Å²) < 4.78 is 1.63. The van der Waals surface area contributed by atoms with Gasteiger partial charge in [0.25, 0.3) is 11.7 Å². The van der Waals surface area contributed by atoms with Crippen molar-refractivity contribution in [3.05, 3.63) is 87.5 Å². The number of ketones is 1. The highest BCUT2D eigenvalue weighted by atomic mass is 35.5. The zero-order valence-electron chi connectivity index (χ0n) is 17.3. The van der Waals surface area contributed by atoms with Gasteiger partial charge in [-0.25, -0.2) is 0 Å². The summed E-state index contributed by atoms with van der Waals surface area (Å²) in [7, 11) is 1.76. The third-order valence-electron chi connectivity index (χ3n) is 5.55. The Morgan fingerprint density at radius 2 is 1.87 bits per heavy atom. The molecule has 0 spiro atoms. The van der Waals surface area contributed by atoms with Crippen LogP contribution in [0.3, 0.4) is 0 Å². The zero-order chi connectivity index (χ0) is 22.3. The lowest BCUT2D eigenvalue weighted by atomic mass is 9.94. The summed E-state index contributed by atoms with van der Waals surface area (Å²) in [6.45, 7) is 3.73. The first kappa shape index (κ1) is 20.8. The molecule has 1 amide bonds. The van der Waals surface area contributed by atoms with E-state index in [0.717, 1.165) is 5.56 Å². The summed E-state index contributed by atoms with van der Waals surface area (Å²) in [6.07, 6.45) is 3.29. The third kappa shape index (κ3) is 3.61. The maximum atomic E-state index is 13.1. The average Bonchev–Trinajstić information content (AvgIpc) is 3.15. The fourth-order valence-corrected chi connectivity index (χ4v) is 4.10. The Kier molecular flexibility index (Phi) is 5.37. The van der Waals surface area contributed by atoms with Gasteiger partial charge < -0.3 is 10.0 Å². The Bertz CT molecular complexity index is 1200. The van der Waals surface area contributed by atoms with Gasteiger partial charge in [-0.3, -0.25) is 19.3 Å². The minimum absolute atomic E-state index is 0.0374. The molecule has 1 saturated heterocycles. The van der Waals surface area contributed by atoms with Gasteiger partial charge >= 0.3 is 0 Å². The van der Waals surface area contributed by atoms with Crippen LogP contribution in [0.1, 0.15) is 34.1 Å². The first-order chi connectivity index (χ1) is 14.8. The van der Waals surface area contributed by atoms with E-state index in [1.165, 1.54) is 4.90 Å².